The van der Waals surface area contributed by atoms with Crippen molar-refractivity contribution < 1.29 is 23.4 Å². The van der Waals surface area contributed by atoms with Gasteiger partial charge in [0.15, 0.2) is 0 Å². The minimum Gasteiger partial charge on any atom is -0.449 e. The zero-order valence-electron chi connectivity index (χ0n) is 8.18. The lowest BCUT2D eigenvalue weighted by atomic mass is 10.2. The minimum absolute atomic E-state index is 0.0464. The largest absolute Gasteiger partial charge is 0.512 e. The minimum atomic E-state index is -1.54. The maximum absolute atomic E-state index is 13.5. The highest BCUT2D eigenvalue weighted by molar-refractivity contribution is 7.13. The summed E-state index contributed by atoms with van der Waals surface area (Å²) < 4.78 is 30.6. The zero-order chi connectivity index (χ0) is 12.4. The summed E-state index contributed by atoms with van der Waals surface area (Å²) in [4.78, 5) is 14.2. The van der Waals surface area contributed by atoms with E-state index in [2.05, 4.69) is 9.72 Å². The van der Waals surface area contributed by atoms with Gasteiger partial charge in [0.25, 0.3) is 0 Å². The van der Waals surface area contributed by atoms with Crippen LogP contribution in [0.15, 0.2) is 23.7 Å². The summed E-state index contributed by atoms with van der Waals surface area (Å²) in [6, 6.07) is 2.98. The van der Waals surface area contributed by atoms with E-state index in [4.69, 9.17) is 5.11 Å². The van der Waals surface area contributed by atoms with Crippen molar-refractivity contribution >= 4 is 17.5 Å². The Morgan fingerprint density at radius 2 is 2.18 bits per heavy atom. The number of carbonyl (C=O) groups is 1. The molecule has 4 nitrogen and oxygen atoms in total. The van der Waals surface area contributed by atoms with Gasteiger partial charge in [0.05, 0.1) is 5.51 Å². The number of aromatic nitrogens is 1. The van der Waals surface area contributed by atoms with E-state index in [0.29, 0.717) is 6.07 Å². The van der Waals surface area contributed by atoms with E-state index in [9.17, 15) is 13.6 Å². The Bertz CT molecular complexity index is 570. The molecule has 1 aromatic carbocycles. The second-order valence-corrected chi connectivity index (χ2v) is 3.83. The maximum Gasteiger partial charge on any atom is 0.512 e. The molecule has 0 fully saturated rings. The SMILES string of the molecule is O=C(O)Oc1ncsc1-c1ccc(F)cc1F. The van der Waals surface area contributed by atoms with Gasteiger partial charge in [-0.3, -0.25) is 0 Å². The first-order chi connectivity index (χ1) is 8.08. The predicted molar refractivity (Wildman–Crippen MR) is 56.1 cm³/mol. The number of hydrogen-bond donors (Lipinski definition) is 1. The Morgan fingerprint density at radius 1 is 1.41 bits per heavy atom. The molecule has 0 atom stereocenters. The first-order valence-corrected chi connectivity index (χ1v) is 5.25. The molecule has 0 spiro atoms. The Labute approximate surface area is 98.1 Å². The smallest absolute Gasteiger partial charge is 0.449 e. The number of ether oxygens (including phenoxy) is 1. The first-order valence-electron chi connectivity index (χ1n) is 4.37. The molecule has 0 bridgehead atoms. The highest BCUT2D eigenvalue weighted by Gasteiger charge is 2.16. The molecule has 0 aliphatic heterocycles. The van der Waals surface area contributed by atoms with Gasteiger partial charge >= 0.3 is 6.16 Å². The fraction of sp³-hybridized carbons (Fsp3) is 0. The summed E-state index contributed by atoms with van der Waals surface area (Å²) in [6.07, 6.45) is -1.54. The molecule has 0 saturated carbocycles. The highest BCUT2D eigenvalue weighted by atomic mass is 32.1. The molecule has 2 aromatic rings. The standard InChI is InChI=1S/C10H5F2NO3S/c11-5-1-2-6(7(12)3-5)8-9(13-4-17-8)16-10(14)15/h1-4H,(H,14,15). The summed E-state index contributed by atoms with van der Waals surface area (Å²) in [7, 11) is 0. The van der Waals surface area contributed by atoms with Gasteiger partial charge in [-0.25, -0.2) is 18.6 Å². The molecule has 2 rings (SSSR count). The Balaban J connectivity index is 2.46. The first kappa shape index (κ1) is 11.5. The fourth-order valence-electron chi connectivity index (χ4n) is 1.24. The average Bonchev–Trinajstić information content (AvgIpc) is 2.65. The Morgan fingerprint density at radius 3 is 2.82 bits per heavy atom. The van der Waals surface area contributed by atoms with Gasteiger partial charge < -0.3 is 9.84 Å². The van der Waals surface area contributed by atoms with E-state index in [1.807, 2.05) is 0 Å². The van der Waals surface area contributed by atoms with Gasteiger partial charge in [0, 0.05) is 11.6 Å². The van der Waals surface area contributed by atoms with Gasteiger partial charge in [-0.15, -0.1) is 11.3 Å². The molecule has 1 aromatic heterocycles. The molecule has 0 amide bonds. The molecule has 1 heterocycles. The summed E-state index contributed by atoms with van der Waals surface area (Å²) in [6.45, 7) is 0. The fourth-order valence-corrected chi connectivity index (χ4v) is 1.99. The lowest BCUT2D eigenvalue weighted by molar-refractivity contribution is 0.143. The van der Waals surface area contributed by atoms with Crippen molar-refractivity contribution in [3.8, 4) is 16.3 Å². The van der Waals surface area contributed by atoms with E-state index >= 15 is 0 Å². The average molecular weight is 257 g/mol. The van der Waals surface area contributed by atoms with Crippen LogP contribution in [0.3, 0.4) is 0 Å². The molecule has 88 valence electrons. The van der Waals surface area contributed by atoms with Crippen molar-refractivity contribution in [3.63, 3.8) is 0 Å². The van der Waals surface area contributed by atoms with Crippen molar-refractivity contribution in [2.24, 2.45) is 0 Å². The van der Waals surface area contributed by atoms with Crippen LogP contribution in [0, 0.1) is 11.6 Å². The summed E-state index contributed by atoms with van der Waals surface area (Å²) in [5, 5.41) is 8.46. The van der Waals surface area contributed by atoms with E-state index in [-0.39, 0.29) is 16.3 Å². The van der Waals surface area contributed by atoms with Crippen LogP contribution >= 0.6 is 11.3 Å². The number of hydrogen-bond acceptors (Lipinski definition) is 4. The molecule has 17 heavy (non-hydrogen) atoms. The van der Waals surface area contributed by atoms with Crippen LogP contribution in [-0.2, 0) is 0 Å². The normalized spacial score (nSPS) is 10.2. The van der Waals surface area contributed by atoms with Crippen LogP contribution < -0.4 is 4.74 Å². The van der Waals surface area contributed by atoms with Gasteiger partial charge in [-0.05, 0) is 12.1 Å². The van der Waals surface area contributed by atoms with Gasteiger partial charge in [-0.1, -0.05) is 0 Å². The zero-order valence-corrected chi connectivity index (χ0v) is 9.00. The number of nitrogens with zero attached hydrogens (tertiary/aromatic N) is 1. The number of thiazole rings is 1. The third-order valence-electron chi connectivity index (χ3n) is 1.89. The third-order valence-corrected chi connectivity index (χ3v) is 2.74. The van der Waals surface area contributed by atoms with Crippen molar-refractivity contribution in [1.29, 1.82) is 0 Å². The lowest BCUT2D eigenvalue weighted by Gasteiger charge is -2.02. The topological polar surface area (TPSA) is 59.4 Å². The molecule has 0 aliphatic carbocycles. The van der Waals surface area contributed by atoms with Crippen molar-refractivity contribution in [2.75, 3.05) is 0 Å². The monoisotopic (exact) mass is 257 g/mol. The van der Waals surface area contributed by atoms with Gasteiger partial charge in [0.2, 0.25) is 5.88 Å². The van der Waals surface area contributed by atoms with Crippen LogP contribution in [0.25, 0.3) is 10.4 Å². The summed E-state index contributed by atoms with van der Waals surface area (Å²) in [5.74, 6) is -1.73. The van der Waals surface area contributed by atoms with Crippen LogP contribution in [0.2, 0.25) is 0 Å². The van der Waals surface area contributed by atoms with Gasteiger partial charge in [-0.2, -0.15) is 0 Å². The number of halogens is 2. The second kappa shape index (κ2) is 4.46. The molecule has 0 saturated heterocycles. The maximum atomic E-state index is 13.5. The number of rotatable bonds is 2. The third kappa shape index (κ3) is 2.39. The quantitative estimate of drug-likeness (QED) is 0.839. The van der Waals surface area contributed by atoms with E-state index in [0.717, 1.165) is 17.4 Å². The van der Waals surface area contributed by atoms with Crippen LogP contribution in [0.1, 0.15) is 0 Å². The molecular weight excluding hydrogens is 252 g/mol. The van der Waals surface area contributed by atoms with Crippen molar-refractivity contribution in [2.45, 2.75) is 0 Å². The molecule has 0 radical (unpaired) electrons. The molecular formula is C10H5F2NO3S. The second-order valence-electron chi connectivity index (χ2n) is 2.98. The molecule has 7 heteroatoms. The Hall–Kier alpha value is -2.02. The van der Waals surface area contributed by atoms with E-state index < -0.39 is 17.8 Å². The van der Waals surface area contributed by atoms with E-state index in [1.165, 1.54) is 11.6 Å². The number of carboxylic acid groups (broad SMARTS) is 1. The van der Waals surface area contributed by atoms with E-state index in [1.54, 1.807) is 0 Å². The van der Waals surface area contributed by atoms with Gasteiger partial charge in [0.1, 0.15) is 16.5 Å². The van der Waals surface area contributed by atoms with Crippen molar-refractivity contribution in [1.82, 2.24) is 4.98 Å². The lowest BCUT2D eigenvalue weighted by Crippen LogP contribution is -2.04. The number of benzene rings is 1. The predicted octanol–water partition coefficient (Wildman–Crippen LogP) is 3.15. The summed E-state index contributed by atoms with van der Waals surface area (Å²) in [5.41, 5.74) is 1.36. The molecule has 0 unspecified atom stereocenters. The molecule has 0 aliphatic rings. The van der Waals surface area contributed by atoms with Crippen LogP contribution in [-0.4, -0.2) is 16.2 Å². The highest BCUT2D eigenvalue weighted by Crippen LogP contribution is 2.34. The van der Waals surface area contributed by atoms with Crippen LogP contribution in [0.5, 0.6) is 5.88 Å². The Kier molecular flexibility index (Phi) is 3.01. The summed E-state index contributed by atoms with van der Waals surface area (Å²) >= 11 is 1.00. The van der Waals surface area contributed by atoms with Crippen LogP contribution in [0.4, 0.5) is 13.6 Å². The molecule has 1 N–H and O–H groups in total. The van der Waals surface area contributed by atoms with Crippen molar-refractivity contribution in [3.05, 3.63) is 35.3 Å².